The van der Waals surface area contributed by atoms with Gasteiger partial charge < -0.3 is 0 Å². The molecule has 156 valence electrons. The van der Waals surface area contributed by atoms with E-state index in [9.17, 15) is 0 Å². The molecule has 0 aliphatic carbocycles. The van der Waals surface area contributed by atoms with Crippen LogP contribution in [-0.4, -0.2) is 5.38 Å². The van der Waals surface area contributed by atoms with Crippen molar-refractivity contribution in [3.63, 3.8) is 0 Å². The molecule has 1 heteroatoms. The lowest BCUT2D eigenvalue weighted by atomic mass is 9.71. The number of benzene rings is 1. The van der Waals surface area contributed by atoms with Crippen LogP contribution in [0.3, 0.4) is 0 Å². The second kappa shape index (κ2) is 14.5. The van der Waals surface area contributed by atoms with Crippen molar-refractivity contribution >= 4 is 11.6 Å². The molecular weight excluding hydrogens is 348 g/mol. The van der Waals surface area contributed by atoms with Gasteiger partial charge in [0.05, 0.1) is 0 Å². The molecule has 0 nitrogen and oxygen atoms in total. The average molecular weight is 393 g/mol. The van der Waals surface area contributed by atoms with Gasteiger partial charge in [-0.15, -0.1) is 11.6 Å². The van der Waals surface area contributed by atoms with Crippen molar-refractivity contribution in [1.29, 1.82) is 0 Å². The molecular formula is C26H45Cl. The van der Waals surface area contributed by atoms with Gasteiger partial charge in [0.1, 0.15) is 0 Å². The first-order valence-electron chi connectivity index (χ1n) is 11.6. The van der Waals surface area contributed by atoms with Crippen LogP contribution in [0.15, 0.2) is 30.3 Å². The molecule has 0 saturated carbocycles. The van der Waals surface area contributed by atoms with Crippen LogP contribution in [0.4, 0.5) is 0 Å². The van der Waals surface area contributed by atoms with Crippen LogP contribution in [-0.2, 0) is 6.42 Å². The SMILES string of the molecule is CC(Cl)CCCCCCCCCCCCC(C)(Cc1ccccc1)C(C)C. The van der Waals surface area contributed by atoms with Gasteiger partial charge in [-0.05, 0) is 43.1 Å². The molecule has 0 aromatic heterocycles. The monoisotopic (exact) mass is 392 g/mol. The normalized spacial score (nSPS) is 15.0. The van der Waals surface area contributed by atoms with E-state index in [-0.39, 0.29) is 0 Å². The number of rotatable bonds is 16. The van der Waals surface area contributed by atoms with Crippen LogP contribution >= 0.6 is 11.6 Å². The first kappa shape index (κ1) is 24.5. The summed E-state index contributed by atoms with van der Waals surface area (Å²) in [5, 5.41) is 0.357. The Labute approximate surface area is 175 Å². The molecule has 0 amide bonds. The maximum Gasteiger partial charge on any atom is 0.0307 e. The Balaban J connectivity index is 2.06. The average Bonchev–Trinajstić information content (AvgIpc) is 2.63. The zero-order chi connectivity index (χ0) is 20.0. The molecule has 0 radical (unpaired) electrons. The quantitative estimate of drug-likeness (QED) is 0.194. The number of hydrogen-bond donors (Lipinski definition) is 0. The van der Waals surface area contributed by atoms with Crippen LogP contribution in [0.1, 0.15) is 110 Å². The van der Waals surface area contributed by atoms with Crippen molar-refractivity contribution in [2.45, 2.75) is 117 Å². The summed E-state index contributed by atoms with van der Waals surface area (Å²) in [6.07, 6.45) is 17.7. The van der Waals surface area contributed by atoms with Crippen molar-refractivity contribution in [1.82, 2.24) is 0 Å². The van der Waals surface area contributed by atoms with Crippen LogP contribution in [0, 0.1) is 11.3 Å². The van der Waals surface area contributed by atoms with E-state index >= 15 is 0 Å². The fraction of sp³-hybridized carbons (Fsp3) is 0.769. The number of halogens is 1. The summed E-state index contributed by atoms with van der Waals surface area (Å²) in [4.78, 5) is 0. The second-order valence-corrected chi connectivity index (χ2v) is 10.1. The topological polar surface area (TPSA) is 0 Å². The third kappa shape index (κ3) is 11.8. The van der Waals surface area contributed by atoms with Gasteiger partial charge >= 0.3 is 0 Å². The summed E-state index contributed by atoms with van der Waals surface area (Å²) < 4.78 is 0. The Hall–Kier alpha value is -0.490. The lowest BCUT2D eigenvalue weighted by Crippen LogP contribution is -2.26. The highest BCUT2D eigenvalue weighted by molar-refractivity contribution is 6.20. The van der Waals surface area contributed by atoms with E-state index in [0.717, 1.165) is 5.92 Å². The van der Waals surface area contributed by atoms with E-state index in [0.29, 0.717) is 10.8 Å². The third-order valence-corrected chi connectivity index (χ3v) is 6.66. The number of alkyl halides is 1. The standard InChI is InChI=1S/C26H45Cl/c1-23(2)26(4,22-25-19-15-13-16-20-25)21-17-12-10-8-6-5-7-9-11-14-18-24(3)27/h13,15-16,19-20,23-24H,5-12,14,17-18,21-22H2,1-4H3. The van der Waals surface area contributed by atoms with Gasteiger partial charge in [0.15, 0.2) is 0 Å². The number of unbranched alkanes of at least 4 members (excludes halogenated alkanes) is 9. The van der Waals surface area contributed by atoms with Crippen LogP contribution in [0.2, 0.25) is 0 Å². The smallest absolute Gasteiger partial charge is 0.0307 e. The second-order valence-electron chi connectivity index (χ2n) is 9.33. The molecule has 0 fully saturated rings. The van der Waals surface area contributed by atoms with Crippen molar-refractivity contribution in [2.75, 3.05) is 0 Å². The third-order valence-electron chi connectivity index (χ3n) is 6.44. The maximum atomic E-state index is 5.99. The zero-order valence-corrected chi connectivity index (χ0v) is 19.4. The molecule has 1 aromatic carbocycles. The molecule has 0 saturated heterocycles. The summed E-state index contributed by atoms with van der Waals surface area (Å²) in [6, 6.07) is 11.0. The van der Waals surface area contributed by atoms with E-state index in [1.807, 2.05) is 0 Å². The highest BCUT2D eigenvalue weighted by Gasteiger charge is 2.27. The predicted octanol–water partition coefficient (Wildman–Crippen LogP) is 9.20. The fourth-order valence-electron chi connectivity index (χ4n) is 4.01. The Morgan fingerprint density at radius 2 is 1.22 bits per heavy atom. The fourth-order valence-corrected chi connectivity index (χ4v) is 4.17. The molecule has 0 aliphatic heterocycles. The largest absolute Gasteiger partial charge is 0.123 e. The van der Waals surface area contributed by atoms with Crippen molar-refractivity contribution < 1.29 is 0 Å². The highest BCUT2D eigenvalue weighted by Crippen LogP contribution is 2.36. The zero-order valence-electron chi connectivity index (χ0n) is 18.6. The molecule has 0 heterocycles. The Bertz CT molecular complexity index is 451. The minimum absolute atomic E-state index is 0.357. The van der Waals surface area contributed by atoms with E-state index in [4.69, 9.17) is 11.6 Å². The molecule has 0 bridgehead atoms. The Morgan fingerprint density at radius 1 is 0.741 bits per heavy atom. The maximum absolute atomic E-state index is 5.99. The lowest BCUT2D eigenvalue weighted by molar-refractivity contribution is 0.190. The molecule has 0 spiro atoms. The predicted molar refractivity (Wildman–Crippen MR) is 124 cm³/mol. The first-order chi connectivity index (χ1) is 12.9. The first-order valence-corrected chi connectivity index (χ1v) is 12.1. The van der Waals surface area contributed by atoms with Crippen molar-refractivity contribution in [3.8, 4) is 0 Å². The van der Waals surface area contributed by atoms with Gasteiger partial charge in [-0.2, -0.15) is 0 Å². The van der Waals surface area contributed by atoms with Crippen molar-refractivity contribution in [3.05, 3.63) is 35.9 Å². The summed E-state index contributed by atoms with van der Waals surface area (Å²) in [6.45, 7) is 9.40. The molecule has 1 rings (SSSR count). The van der Waals surface area contributed by atoms with Gasteiger partial charge in [-0.25, -0.2) is 0 Å². The minimum atomic E-state index is 0.357. The van der Waals surface area contributed by atoms with Gasteiger partial charge in [-0.1, -0.05) is 115 Å². The van der Waals surface area contributed by atoms with E-state index in [2.05, 4.69) is 58.0 Å². The lowest BCUT2D eigenvalue weighted by Gasteiger charge is -2.34. The van der Waals surface area contributed by atoms with E-state index in [1.54, 1.807) is 0 Å². The number of hydrogen-bond acceptors (Lipinski definition) is 0. The van der Waals surface area contributed by atoms with E-state index in [1.165, 1.54) is 89.0 Å². The van der Waals surface area contributed by atoms with Gasteiger partial charge in [-0.3, -0.25) is 0 Å². The Kier molecular flexibility index (Phi) is 13.2. The summed E-state index contributed by atoms with van der Waals surface area (Å²) >= 11 is 5.99. The van der Waals surface area contributed by atoms with Gasteiger partial charge in [0, 0.05) is 5.38 Å². The molecule has 0 aliphatic rings. The van der Waals surface area contributed by atoms with Crippen molar-refractivity contribution in [2.24, 2.45) is 11.3 Å². The van der Waals surface area contributed by atoms with Gasteiger partial charge in [0.25, 0.3) is 0 Å². The van der Waals surface area contributed by atoms with Crippen LogP contribution < -0.4 is 0 Å². The minimum Gasteiger partial charge on any atom is -0.123 e. The molecule has 2 unspecified atom stereocenters. The molecule has 27 heavy (non-hydrogen) atoms. The highest BCUT2D eigenvalue weighted by atomic mass is 35.5. The van der Waals surface area contributed by atoms with E-state index < -0.39 is 0 Å². The molecule has 1 aromatic rings. The summed E-state index contributed by atoms with van der Waals surface area (Å²) in [5.74, 6) is 0.736. The van der Waals surface area contributed by atoms with Crippen LogP contribution in [0.25, 0.3) is 0 Å². The summed E-state index contributed by atoms with van der Waals surface area (Å²) in [5.41, 5.74) is 1.93. The summed E-state index contributed by atoms with van der Waals surface area (Å²) in [7, 11) is 0. The van der Waals surface area contributed by atoms with Gasteiger partial charge in [0.2, 0.25) is 0 Å². The molecule has 0 N–H and O–H groups in total. The Morgan fingerprint density at radius 3 is 1.70 bits per heavy atom. The molecule has 2 atom stereocenters. The van der Waals surface area contributed by atoms with Crippen LogP contribution in [0.5, 0.6) is 0 Å².